The van der Waals surface area contributed by atoms with Crippen LogP contribution in [0, 0.1) is 0 Å². The molecule has 4 heteroatoms. The zero-order chi connectivity index (χ0) is 20.0. The van der Waals surface area contributed by atoms with E-state index in [-0.39, 0.29) is 0 Å². The third kappa shape index (κ3) is 2.91. The van der Waals surface area contributed by atoms with Gasteiger partial charge in [0.15, 0.2) is 0 Å². The Morgan fingerprint density at radius 2 is 1.79 bits per heavy atom. The fourth-order valence-electron chi connectivity index (χ4n) is 4.47. The molecule has 0 radical (unpaired) electrons. The number of pyridine rings is 1. The molecule has 4 nitrogen and oxygen atoms in total. The summed E-state index contributed by atoms with van der Waals surface area (Å²) in [7, 11) is 5.57. The molecule has 0 bridgehead atoms. The number of nitrogens with zero attached hydrogens (tertiary/aromatic N) is 2. The predicted octanol–water partition coefficient (Wildman–Crippen LogP) is 5.06. The largest absolute Gasteiger partial charge is 0.497 e. The number of rotatable bonds is 3. The van der Waals surface area contributed by atoms with E-state index in [2.05, 4.69) is 48.3 Å². The van der Waals surface area contributed by atoms with Gasteiger partial charge in [0.05, 0.1) is 25.4 Å². The minimum absolute atomic E-state index is 0.805. The SMILES string of the molecule is COc1ccc(OC)c(-c2nc3ccc4ccccc4c3c3c2CN(C)CC3)c1. The highest BCUT2D eigenvalue weighted by molar-refractivity contribution is 6.09. The Kier molecular flexibility index (Phi) is 4.36. The molecule has 1 aliphatic rings. The summed E-state index contributed by atoms with van der Waals surface area (Å²) in [4.78, 5) is 7.52. The van der Waals surface area contributed by atoms with Crippen LogP contribution in [0.15, 0.2) is 54.6 Å². The van der Waals surface area contributed by atoms with Crippen molar-refractivity contribution in [2.45, 2.75) is 13.0 Å². The van der Waals surface area contributed by atoms with Crippen LogP contribution >= 0.6 is 0 Å². The Morgan fingerprint density at radius 1 is 0.931 bits per heavy atom. The lowest BCUT2D eigenvalue weighted by atomic mass is 9.89. The van der Waals surface area contributed by atoms with Crippen LogP contribution in [-0.2, 0) is 13.0 Å². The molecule has 29 heavy (non-hydrogen) atoms. The van der Waals surface area contributed by atoms with Gasteiger partial charge in [0.25, 0.3) is 0 Å². The van der Waals surface area contributed by atoms with Crippen molar-refractivity contribution >= 4 is 21.7 Å². The van der Waals surface area contributed by atoms with Crippen LogP contribution in [0.1, 0.15) is 11.1 Å². The molecule has 0 aliphatic carbocycles. The smallest absolute Gasteiger partial charge is 0.128 e. The molecule has 5 rings (SSSR count). The van der Waals surface area contributed by atoms with Crippen molar-refractivity contribution in [3.63, 3.8) is 0 Å². The number of hydrogen-bond donors (Lipinski definition) is 0. The van der Waals surface area contributed by atoms with Crippen LogP contribution in [0.3, 0.4) is 0 Å². The fourth-order valence-corrected chi connectivity index (χ4v) is 4.47. The van der Waals surface area contributed by atoms with Crippen molar-refractivity contribution in [2.24, 2.45) is 0 Å². The van der Waals surface area contributed by atoms with E-state index >= 15 is 0 Å². The van der Waals surface area contributed by atoms with E-state index in [9.17, 15) is 0 Å². The predicted molar refractivity (Wildman–Crippen MR) is 118 cm³/mol. The molecule has 0 amide bonds. The molecule has 0 atom stereocenters. The monoisotopic (exact) mass is 384 g/mol. The van der Waals surface area contributed by atoms with E-state index in [0.717, 1.165) is 47.8 Å². The molecule has 0 saturated carbocycles. The van der Waals surface area contributed by atoms with Gasteiger partial charge >= 0.3 is 0 Å². The number of benzene rings is 3. The summed E-state index contributed by atoms with van der Waals surface area (Å²) in [6.07, 6.45) is 1.01. The first-order valence-corrected chi connectivity index (χ1v) is 9.93. The van der Waals surface area contributed by atoms with Crippen molar-refractivity contribution in [1.29, 1.82) is 0 Å². The van der Waals surface area contributed by atoms with Crippen LogP contribution in [-0.4, -0.2) is 37.7 Å². The second-order valence-corrected chi connectivity index (χ2v) is 7.65. The molecule has 4 aromatic rings. The second kappa shape index (κ2) is 7.05. The van der Waals surface area contributed by atoms with E-state index in [1.807, 2.05) is 18.2 Å². The minimum Gasteiger partial charge on any atom is -0.497 e. The highest BCUT2D eigenvalue weighted by atomic mass is 16.5. The molecular formula is C25H24N2O2. The average molecular weight is 384 g/mol. The number of methoxy groups -OCH3 is 2. The topological polar surface area (TPSA) is 34.6 Å². The molecule has 1 aliphatic heterocycles. The second-order valence-electron chi connectivity index (χ2n) is 7.65. The molecule has 3 aromatic carbocycles. The summed E-state index contributed by atoms with van der Waals surface area (Å²) < 4.78 is 11.2. The zero-order valence-electron chi connectivity index (χ0n) is 17.0. The molecule has 0 fully saturated rings. The quantitative estimate of drug-likeness (QED) is 0.463. The summed E-state index contributed by atoms with van der Waals surface area (Å²) in [5, 5.41) is 3.83. The summed E-state index contributed by atoms with van der Waals surface area (Å²) in [5.41, 5.74) is 5.70. The van der Waals surface area contributed by atoms with Crippen molar-refractivity contribution in [1.82, 2.24) is 9.88 Å². The Balaban J connectivity index is 1.88. The van der Waals surface area contributed by atoms with Gasteiger partial charge in [-0.05, 0) is 59.6 Å². The maximum atomic E-state index is 5.69. The molecule has 146 valence electrons. The third-order valence-corrected chi connectivity index (χ3v) is 5.92. The van der Waals surface area contributed by atoms with Gasteiger partial charge in [-0.25, -0.2) is 4.98 Å². The van der Waals surface area contributed by atoms with Gasteiger partial charge in [0.1, 0.15) is 11.5 Å². The van der Waals surface area contributed by atoms with E-state index in [4.69, 9.17) is 14.5 Å². The summed E-state index contributed by atoms with van der Waals surface area (Å²) in [6, 6.07) is 18.8. The summed E-state index contributed by atoms with van der Waals surface area (Å²) in [5.74, 6) is 1.62. The number of fused-ring (bicyclic) bond motifs is 5. The number of ether oxygens (including phenoxy) is 2. The Labute approximate surface area is 170 Å². The lowest BCUT2D eigenvalue weighted by molar-refractivity contribution is 0.314. The number of likely N-dealkylation sites (N-methyl/N-ethyl adjacent to an activating group) is 1. The molecule has 2 heterocycles. The third-order valence-electron chi connectivity index (χ3n) is 5.92. The zero-order valence-corrected chi connectivity index (χ0v) is 17.0. The van der Waals surface area contributed by atoms with Crippen LogP contribution < -0.4 is 9.47 Å². The first-order chi connectivity index (χ1) is 14.2. The van der Waals surface area contributed by atoms with Crippen molar-refractivity contribution in [2.75, 3.05) is 27.8 Å². The number of hydrogen-bond acceptors (Lipinski definition) is 4. The normalized spacial score (nSPS) is 14.2. The lowest BCUT2D eigenvalue weighted by Gasteiger charge is -2.29. The van der Waals surface area contributed by atoms with E-state index in [1.165, 1.54) is 27.3 Å². The average Bonchev–Trinajstić information content (AvgIpc) is 2.77. The molecular weight excluding hydrogens is 360 g/mol. The fraction of sp³-hybridized carbons (Fsp3) is 0.240. The minimum atomic E-state index is 0.805. The van der Waals surface area contributed by atoms with Crippen molar-refractivity contribution < 1.29 is 9.47 Å². The van der Waals surface area contributed by atoms with E-state index < -0.39 is 0 Å². The van der Waals surface area contributed by atoms with E-state index in [0.29, 0.717) is 0 Å². The van der Waals surface area contributed by atoms with Crippen LogP contribution in [0.2, 0.25) is 0 Å². The summed E-state index contributed by atoms with van der Waals surface area (Å²) >= 11 is 0. The van der Waals surface area contributed by atoms with E-state index in [1.54, 1.807) is 14.2 Å². The van der Waals surface area contributed by atoms with Gasteiger partial charge in [0.2, 0.25) is 0 Å². The van der Waals surface area contributed by atoms with Gasteiger partial charge in [-0.1, -0.05) is 30.3 Å². The van der Waals surface area contributed by atoms with Gasteiger partial charge in [0, 0.05) is 24.0 Å². The van der Waals surface area contributed by atoms with Gasteiger partial charge in [-0.2, -0.15) is 0 Å². The summed E-state index contributed by atoms with van der Waals surface area (Å²) in [6.45, 7) is 1.92. The lowest BCUT2D eigenvalue weighted by Crippen LogP contribution is -2.27. The van der Waals surface area contributed by atoms with Gasteiger partial charge in [-0.15, -0.1) is 0 Å². The van der Waals surface area contributed by atoms with Gasteiger partial charge in [-0.3, -0.25) is 0 Å². The van der Waals surface area contributed by atoms with Crippen LogP contribution in [0.25, 0.3) is 32.9 Å². The maximum absolute atomic E-state index is 5.69. The first-order valence-electron chi connectivity index (χ1n) is 9.93. The highest BCUT2D eigenvalue weighted by Gasteiger charge is 2.24. The Morgan fingerprint density at radius 3 is 2.62 bits per heavy atom. The maximum Gasteiger partial charge on any atom is 0.128 e. The molecule has 1 aromatic heterocycles. The van der Waals surface area contributed by atoms with Crippen molar-refractivity contribution in [3.05, 3.63) is 65.7 Å². The molecule has 0 spiro atoms. The first kappa shape index (κ1) is 18.0. The Hall–Kier alpha value is -3.11. The molecule has 0 saturated heterocycles. The van der Waals surface area contributed by atoms with Crippen molar-refractivity contribution in [3.8, 4) is 22.8 Å². The van der Waals surface area contributed by atoms with Crippen LogP contribution in [0.4, 0.5) is 0 Å². The standard InChI is InChI=1S/C25H24N2O2/c1-27-13-12-19-21(15-27)25(20-14-17(28-2)9-11-23(20)29-3)26-22-10-8-16-6-4-5-7-18(16)24(19)22/h4-11,14H,12-13,15H2,1-3H3. The highest BCUT2D eigenvalue weighted by Crippen LogP contribution is 2.40. The van der Waals surface area contributed by atoms with Crippen LogP contribution in [0.5, 0.6) is 11.5 Å². The number of aromatic nitrogens is 1. The van der Waals surface area contributed by atoms with Gasteiger partial charge < -0.3 is 14.4 Å². The molecule has 0 N–H and O–H groups in total. The Bertz CT molecular complexity index is 1230. The molecule has 0 unspecified atom stereocenters.